The first-order valence-corrected chi connectivity index (χ1v) is 0. The van der Waals surface area contributed by atoms with E-state index in [4.69, 9.17) is 0 Å². The molecule has 0 saturated heterocycles. The minimum absolute atomic E-state index is 0. The van der Waals surface area contributed by atoms with Crippen molar-refractivity contribution in [3.05, 3.63) is 0 Å². The summed E-state index contributed by atoms with van der Waals surface area (Å²) in [6.07, 6.45) is 0. The zero-order valence-corrected chi connectivity index (χ0v) is 15.9. The molecular formula is H2BaCeLaZr. The second-order valence-electron chi connectivity index (χ2n) is 0. The van der Waals surface area contributed by atoms with Crippen LogP contribution in [0.4, 0.5) is 0 Å². The van der Waals surface area contributed by atoms with E-state index < -0.39 is 0 Å². The third-order valence-electron chi connectivity index (χ3n) is 0. The van der Waals surface area contributed by atoms with Gasteiger partial charge in [-0.3, -0.25) is 0 Å². The van der Waals surface area contributed by atoms with Gasteiger partial charge in [0.25, 0.3) is 0 Å². The van der Waals surface area contributed by atoms with E-state index in [1.165, 1.54) is 0 Å². The molecule has 0 saturated carbocycles. The molecule has 4 heteroatoms. The zero-order valence-electron chi connectivity index (χ0n) is 4.28. The SMILES string of the molecule is [Ba+2].[Ce].[H-].[H-].[La].[Zr]. The first kappa shape index (κ1) is 23.0. The molecule has 0 unspecified atom stereocenters. The van der Waals surface area contributed by atoms with E-state index in [0.29, 0.717) is 0 Å². The number of rotatable bonds is 0. The minimum atomic E-state index is 0. The smallest absolute Gasteiger partial charge is 1.00 e. The molecule has 0 aliphatic rings. The van der Waals surface area contributed by atoms with Crippen LogP contribution in [0.25, 0.3) is 0 Å². The van der Waals surface area contributed by atoms with Gasteiger partial charge in [-0.15, -0.1) is 0 Å². The van der Waals surface area contributed by atoms with Gasteiger partial charge in [-0.1, -0.05) is 0 Å². The second kappa shape index (κ2) is 15.7. The summed E-state index contributed by atoms with van der Waals surface area (Å²) >= 11 is 0. The summed E-state index contributed by atoms with van der Waals surface area (Å²) in [6.45, 7) is 0. The van der Waals surface area contributed by atoms with Crippen molar-refractivity contribution in [2.45, 2.75) is 0 Å². The predicted molar refractivity (Wildman–Crippen MR) is 7.98 cm³/mol. The van der Waals surface area contributed by atoms with Gasteiger partial charge >= 0.3 is 48.9 Å². The van der Waals surface area contributed by atoms with Crippen molar-refractivity contribution in [3.8, 4) is 0 Å². The van der Waals surface area contributed by atoms with E-state index in [9.17, 15) is 0 Å². The molecule has 0 fully saturated rings. The Morgan fingerprint density at radius 3 is 1.25 bits per heavy atom. The average Bonchev–Trinajstić information content (AvgIpc) is 0. The second-order valence-corrected chi connectivity index (χ2v) is 0. The average molecular weight is 510 g/mol. The molecule has 1 radical (unpaired) electrons. The fraction of sp³-hybridized carbons (Fsp3) is 0. The van der Waals surface area contributed by atoms with Gasteiger partial charge in [-0.05, 0) is 0 Å². The van der Waals surface area contributed by atoms with Gasteiger partial charge in [-0.25, -0.2) is 0 Å². The van der Waals surface area contributed by atoms with E-state index in [1.807, 2.05) is 0 Å². The van der Waals surface area contributed by atoms with Crippen molar-refractivity contribution in [1.29, 1.82) is 0 Å². The summed E-state index contributed by atoms with van der Waals surface area (Å²) in [7, 11) is 0. The van der Waals surface area contributed by atoms with Crippen molar-refractivity contribution in [2.24, 2.45) is 0 Å². The summed E-state index contributed by atoms with van der Waals surface area (Å²) in [6, 6.07) is 0. The molecule has 0 aliphatic carbocycles. The van der Waals surface area contributed by atoms with Crippen LogP contribution in [0, 0.1) is 77.3 Å². The maximum atomic E-state index is 0. The zero-order chi connectivity index (χ0) is 0. The largest absolute Gasteiger partial charge is 2.00 e. The summed E-state index contributed by atoms with van der Waals surface area (Å²) in [5, 5.41) is 0. The minimum Gasteiger partial charge on any atom is -1.00 e. The Balaban J connectivity index is 0. The van der Waals surface area contributed by atoms with Crippen LogP contribution in [0.3, 0.4) is 0 Å². The Hall–Kier alpha value is 5.03. The fourth-order valence-electron chi connectivity index (χ4n) is 0. The molecule has 0 bridgehead atoms. The van der Waals surface area contributed by atoms with Crippen molar-refractivity contribution in [3.63, 3.8) is 0 Å². The van der Waals surface area contributed by atoms with Crippen molar-refractivity contribution >= 4 is 48.9 Å². The standard InChI is InChI=1S/Ba.Ce.La.Zr.2H/q+2;;;;2*-1. The quantitative estimate of drug-likeness (QED) is 0.399. The molecule has 0 aromatic rings. The molecule has 0 spiro atoms. The summed E-state index contributed by atoms with van der Waals surface area (Å²) in [5.41, 5.74) is 0. The third-order valence-corrected chi connectivity index (χ3v) is 0. The predicted octanol–water partition coefficient (Wildman–Crippen LogP) is -0.158. The number of hydrogen-bond acceptors (Lipinski definition) is 0. The molecule has 0 N–H and O–H groups in total. The van der Waals surface area contributed by atoms with Gasteiger partial charge in [0.05, 0.1) is 0 Å². The Labute approximate surface area is 150 Å². The van der Waals surface area contributed by atoms with Gasteiger partial charge in [0.1, 0.15) is 0 Å². The molecule has 4 heavy (non-hydrogen) atoms. The fourth-order valence-corrected chi connectivity index (χ4v) is 0. The van der Waals surface area contributed by atoms with Crippen molar-refractivity contribution in [1.82, 2.24) is 0 Å². The van der Waals surface area contributed by atoms with Crippen LogP contribution < -0.4 is 0 Å². The van der Waals surface area contributed by atoms with Gasteiger partial charge < -0.3 is 2.85 Å². The molecule has 0 rings (SSSR count). The molecule has 0 amide bonds. The maximum Gasteiger partial charge on any atom is 2.00 e. The van der Waals surface area contributed by atoms with E-state index in [0.717, 1.165) is 0 Å². The third kappa shape index (κ3) is 10.1. The van der Waals surface area contributed by atoms with E-state index in [-0.39, 0.29) is 155 Å². The summed E-state index contributed by atoms with van der Waals surface area (Å²) < 4.78 is 0. The first-order chi connectivity index (χ1) is 0. The summed E-state index contributed by atoms with van der Waals surface area (Å²) in [5.74, 6) is 0. The van der Waals surface area contributed by atoms with Crippen LogP contribution in [0.1, 0.15) is 2.85 Å². The molecule has 0 aromatic heterocycles. The Morgan fingerprint density at radius 2 is 1.25 bits per heavy atom. The van der Waals surface area contributed by atoms with Gasteiger partial charge in [0.2, 0.25) is 0 Å². The Kier molecular flexibility index (Phi) is 90.3. The van der Waals surface area contributed by atoms with Crippen LogP contribution in [0.5, 0.6) is 0 Å². The molecule has 0 aliphatic heterocycles. The van der Waals surface area contributed by atoms with Crippen LogP contribution in [0.15, 0.2) is 0 Å². The van der Waals surface area contributed by atoms with Crippen LogP contribution in [0.2, 0.25) is 0 Å². The Morgan fingerprint density at radius 1 is 1.25 bits per heavy atom. The monoisotopic (exact) mass is 509 g/mol. The van der Waals surface area contributed by atoms with E-state index in [2.05, 4.69) is 0 Å². The molecule has 15 valence electrons. The first-order valence-electron chi connectivity index (χ1n) is 0. The summed E-state index contributed by atoms with van der Waals surface area (Å²) in [4.78, 5) is 0. The maximum absolute atomic E-state index is 0. The van der Waals surface area contributed by atoms with Crippen LogP contribution in [-0.4, -0.2) is 48.9 Å². The van der Waals surface area contributed by atoms with E-state index in [1.54, 1.807) is 0 Å². The van der Waals surface area contributed by atoms with Gasteiger partial charge in [0, 0.05) is 104 Å². The normalized spacial score (nSPS) is 0. The Bertz CT molecular complexity index is 13.5. The van der Waals surface area contributed by atoms with Crippen LogP contribution >= 0.6 is 0 Å². The van der Waals surface area contributed by atoms with Gasteiger partial charge in [-0.2, -0.15) is 0 Å². The molecule has 0 nitrogen and oxygen atoms in total. The van der Waals surface area contributed by atoms with Gasteiger partial charge in [0.15, 0.2) is 0 Å². The number of hydrogen-bond donors (Lipinski definition) is 0. The van der Waals surface area contributed by atoms with Crippen molar-refractivity contribution < 1.29 is 106 Å². The molecule has 0 atom stereocenters. The van der Waals surface area contributed by atoms with Crippen molar-refractivity contribution in [2.75, 3.05) is 0 Å². The van der Waals surface area contributed by atoms with Crippen LogP contribution in [-0.2, 0) is 26.2 Å². The molecular weight excluding hydrogens is 508 g/mol. The molecule has 0 aromatic carbocycles. The topological polar surface area (TPSA) is 0 Å². The molecule has 0 heterocycles. The van der Waals surface area contributed by atoms with E-state index >= 15 is 0 Å².